The van der Waals surface area contributed by atoms with E-state index in [0.29, 0.717) is 5.59 Å². The molecule has 16 heavy (non-hydrogen) atoms. The van der Waals surface area contributed by atoms with Crippen molar-refractivity contribution < 1.29 is 0 Å². The van der Waals surface area contributed by atoms with Gasteiger partial charge in [0.1, 0.15) is 13.7 Å². The fourth-order valence-corrected chi connectivity index (χ4v) is 2.97. The lowest BCUT2D eigenvalue weighted by molar-refractivity contribution is 0.229. The Bertz CT molecular complexity index is 389. The Balaban J connectivity index is 1.78. The Labute approximate surface area is 97.6 Å². The Morgan fingerprint density at radius 3 is 3.00 bits per heavy atom. The van der Waals surface area contributed by atoms with Gasteiger partial charge in [0.05, 0.1) is 0 Å². The molecule has 5 heteroatoms. The molecular weight excluding hydrogens is 199 g/mol. The number of hydrogen-bond donors (Lipinski definition) is 0. The van der Waals surface area contributed by atoms with Crippen LogP contribution in [0.2, 0.25) is 0 Å². The van der Waals surface area contributed by atoms with Gasteiger partial charge in [-0.05, 0) is 25.5 Å². The largest absolute Gasteiger partial charge is 0.354 e. The highest BCUT2D eigenvalue weighted by Crippen LogP contribution is 2.24. The number of aryl methyl sites for hydroxylation is 1. The Kier molecular flexibility index (Phi) is 2.43. The van der Waals surface area contributed by atoms with Gasteiger partial charge >= 0.3 is 0 Å². The van der Waals surface area contributed by atoms with Crippen LogP contribution in [-0.2, 0) is 7.05 Å². The van der Waals surface area contributed by atoms with E-state index >= 15 is 0 Å². The van der Waals surface area contributed by atoms with Crippen LogP contribution >= 0.6 is 0 Å². The van der Waals surface area contributed by atoms with Crippen molar-refractivity contribution in [1.82, 2.24) is 14.7 Å². The van der Waals surface area contributed by atoms with Gasteiger partial charge in [-0.2, -0.15) is 5.10 Å². The number of rotatable bonds is 1. The van der Waals surface area contributed by atoms with Crippen molar-refractivity contribution >= 4 is 19.3 Å². The number of hydrogen-bond acceptors (Lipinski definition) is 3. The number of fused-ring (bicyclic) bond motifs is 1. The summed E-state index contributed by atoms with van der Waals surface area (Å²) in [6.45, 7) is 4.68. The number of aromatic nitrogens is 2. The topological polar surface area (TPSA) is 24.3 Å². The summed E-state index contributed by atoms with van der Waals surface area (Å²) < 4.78 is 1.89. The van der Waals surface area contributed by atoms with Crippen molar-refractivity contribution in [2.24, 2.45) is 7.05 Å². The molecule has 2 radical (unpaired) electrons. The zero-order chi connectivity index (χ0) is 11.1. The minimum absolute atomic E-state index is 0.617. The highest BCUT2D eigenvalue weighted by molar-refractivity contribution is 6.30. The van der Waals surface area contributed by atoms with Crippen LogP contribution in [0.3, 0.4) is 0 Å². The molecule has 1 aromatic rings. The van der Waals surface area contributed by atoms with E-state index in [1.165, 1.54) is 25.9 Å². The van der Waals surface area contributed by atoms with Crippen LogP contribution in [0.25, 0.3) is 0 Å². The molecule has 0 saturated carbocycles. The molecule has 4 nitrogen and oxygen atoms in total. The summed E-state index contributed by atoms with van der Waals surface area (Å²) in [4.78, 5) is 5.02. The number of piperazine rings is 1. The van der Waals surface area contributed by atoms with Crippen LogP contribution in [-0.4, -0.2) is 54.7 Å². The maximum atomic E-state index is 5.72. The molecule has 1 atom stereocenters. The SMILES string of the molecule is [B]c1cc(N2CCN3CCCC3C2)n(C)n1. The van der Waals surface area contributed by atoms with Crippen molar-refractivity contribution in [3.8, 4) is 0 Å². The molecule has 0 aliphatic carbocycles. The Morgan fingerprint density at radius 2 is 2.25 bits per heavy atom. The molecule has 2 fully saturated rings. The lowest BCUT2D eigenvalue weighted by atomic mass is 10.1. The molecule has 2 aliphatic rings. The highest BCUT2D eigenvalue weighted by Gasteiger charge is 2.31. The summed E-state index contributed by atoms with van der Waals surface area (Å²) in [5, 5.41) is 4.21. The first-order valence-electron chi connectivity index (χ1n) is 6.02. The molecular formula is C11H17BN4. The van der Waals surface area contributed by atoms with Crippen molar-refractivity contribution in [1.29, 1.82) is 0 Å². The molecule has 2 aliphatic heterocycles. The first-order valence-corrected chi connectivity index (χ1v) is 6.02. The third kappa shape index (κ3) is 1.63. The van der Waals surface area contributed by atoms with E-state index in [-0.39, 0.29) is 0 Å². The average Bonchev–Trinajstić information content (AvgIpc) is 2.83. The van der Waals surface area contributed by atoms with Gasteiger partial charge in [0, 0.05) is 38.3 Å². The minimum Gasteiger partial charge on any atom is -0.354 e. The van der Waals surface area contributed by atoms with E-state index in [9.17, 15) is 0 Å². The summed E-state index contributed by atoms with van der Waals surface area (Å²) >= 11 is 0. The molecule has 1 aromatic heterocycles. The van der Waals surface area contributed by atoms with E-state index in [4.69, 9.17) is 7.85 Å². The summed E-state index contributed by atoms with van der Waals surface area (Å²) in [6, 6.07) is 2.72. The van der Waals surface area contributed by atoms with Crippen molar-refractivity contribution in [3.63, 3.8) is 0 Å². The van der Waals surface area contributed by atoms with Gasteiger partial charge in [-0.15, -0.1) is 0 Å². The standard InChI is InChI=1S/C11H17BN4/c1-14-11(7-10(12)13-14)16-6-5-15-4-2-3-9(15)8-16/h7,9H,2-6,8H2,1H3. The quantitative estimate of drug-likeness (QED) is 0.591. The predicted molar refractivity (Wildman–Crippen MR) is 65.4 cm³/mol. The monoisotopic (exact) mass is 216 g/mol. The second-order valence-corrected chi connectivity index (χ2v) is 4.83. The average molecular weight is 216 g/mol. The van der Waals surface area contributed by atoms with Crippen molar-refractivity contribution in [2.45, 2.75) is 18.9 Å². The third-order valence-electron chi connectivity index (χ3n) is 3.79. The normalized spacial score (nSPS) is 26.1. The van der Waals surface area contributed by atoms with Crippen LogP contribution in [0.1, 0.15) is 12.8 Å². The van der Waals surface area contributed by atoms with Gasteiger partial charge in [-0.3, -0.25) is 9.58 Å². The second kappa shape index (κ2) is 3.80. The number of nitrogens with zero attached hydrogens (tertiary/aromatic N) is 4. The highest BCUT2D eigenvalue weighted by atomic mass is 15.4. The van der Waals surface area contributed by atoms with Crippen LogP contribution in [0.4, 0.5) is 5.82 Å². The zero-order valence-electron chi connectivity index (χ0n) is 9.76. The molecule has 0 amide bonds. The lowest BCUT2D eigenvalue weighted by Crippen LogP contribution is -2.50. The molecule has 0 N–H and O–H groups in total. The second-order valence-electron chi connectivity index (χ2n) is 4.83. The van der Waals surface area contributed by atoms with Crippen LogP contribution in [0.15, 0.2) is 6.07 Å². The van der Waals surface area contributed by atoms with E-state index in [2.05, 4.69) is 14.9 Å². The summed E-state index contributed by atoms with van der Waals surface area (Å²) in [7, 11) is 7.69. The zero-order valence-corrected chi connectivity index (χ0v) is 9.76. The molecule has 1 unspecified atom stereocenters. The molecule has 0 spiro atoms. The van der Waals surface area contributed by atoms with Crippen molar-refractivity contribution in [3.05, 3.63) is 6.07 Å². The Morgan fingerprint density at radius 1 is 1.38 bits per heavy atom. The first-order chi connectivity index (χ1) is 7.74. The van der Waals surface area contributed by atoms with E-state index in [1.807, 2.05) is 17.8 Å². The fourth-order valence-electron chi connectivity index (χ4n) is 2.97. The maximum Gasteiger partial charge on any atom is 0.144 e. The lowest BCUT2D eigenvalue weighted by Gasteiger charge is -2.38. The fraction of sp³-hybridized carbons (Fsp3) is 0.727. The predicted octanol–water partition coefficient (Wildman–Crippen LogP) is -0.502. The van der Waals surface area contributed by atoms with Crippen molar-refractivity contribution in [2.75, 3.05) is 31.1 Å². The molecule has 2 saturated heterocycles. The maximum absolute atomic E-state index is 5.72. The summed E-state index contributed by atoms with van der Waals surface area (Å²) in [6.07, 6.45) is 2.69. The van der Waals surface area contributed by atoms with Gasteiger partial charge in [-0.1, -0.05) is 0 Å². The third-order valence-corrected chi connectivity index (χ3v) is 3.79. The van der Waals surface area contributed by atoms with Gasteiger partial charge in [-0.25, -0.2) is 0 Å². The minimum atomic E-state index is 0.617. The van der Waals surface area contributed by atoms with E-state index in [0.717, 1.165) is 24.9 Å². The molecule has 3 rings (SSSR count). The van der Waals surface area contributed by atoms with Crippen LogP contribution < -0.4 is 10.5 Å². The van der Waals surface area contributed by atoms with Crippen LogP contribution in [0, 0.1) is 0 Å². The molecule has 3 heterocycles. The smallest absolute Gasteiger partial charge is 0.144 e. The van der Waals surface area contributed by atoms with Gasteiger partial charge in [0.2, 0.25) is 0 Å². The van der Waals surface area contributed by atoms with Gasteiger partial charge < -0.3 is 4.90 Å². The van der Waals surface area contributed by atoms with E-state index in [1.54, 1.807) is 0 Å². The van der Waals surface area contributed by atoms with E-state index < -0.39 is 0 Å². The number of anilines is 1. The first kappa shape index (κ1) is 10.2. The summed E-state index contributed by atoms with van der Waals surface area (Å²) in [5.41, 5.74) is 0.617. The summed E-state index contributed by atoms with van der Waals surface area (Å²) in [5.74, 6) is 1.16. The van der Waals surface area contributed by atoms with Crippen LogP contribution in [0.5, 0.6) is 0 Å². The molecule has 0 bridgehead atoms. The Hall–Kier alpha value is -0.965. The molecule has 0 aromatic carbocycles. The molecule has 84 valence electrons. The van der Waals surface area contributed by atoms with Gasteiger partial charge in [0.15, 0.2) is 0 Å². The van der Waals surface area contributed by atoms with Gasteiger partial charge in [0.25, 0.3) is 0 Å².